The topological polar surface area (TPSA) is 80.3 Å². The lowest BCUT2D eigenvalue weighted by Crippen LogP contribution is -2.20. The summed E-state index contributed by atoms with van der Waals surface area (Å²) in [5.41, 5.74) is 0.843. The molecule has 1 aliphatic carbocycles. The predicted molar refractivity (Wildman–Crippen MR) is 77.0 cm³/mol. The third kappa shape index (κ3) is 3.27. The van der Waals surface area contributed by atoms with Gasteiger partial charge in [-0.3, -0.25) is 9.59 Å². The van der Waals surface area contributed by atoms with Crippen molar-refractivity contribution >= 4 is 28.3 Å². The molecule has 2 rings (SSSR count). The van der Waals surface area contributed by atoms with Crippen molar-refractivity contribution in [3.63, 3.8) is 0 Å². The van der Waals surface area contributed by atoms with E-state index in [0.717, 1.165) is 28.5 Å². The van der Waals surface area contributed by atoms with E-state index in [4.69, 9.17) is 4.74 Å². The average Bonchev–Trinajstić information content (AvgIpc) is 2.98. The fourth-order valence-corrected chi connectivity index (χ4v) is 3.25. The second kappa shape index (κ2) is 6.69. The minimum atomic E-state index is -0.226. The maximum atomic E-state index is 11.8. The smallest absolute Gasteiger partial charge is 0.315 e. The Bertz CT molecular complexity index is 501. The summed E-state index contributed by atoms with van der Waals surface area (Å²) in [6.45, 7) is 2.74. The van der Waals surface area contributed by atoms with E-state index in [1.165, 1.54) is 0 Å². The van der Waals surface area contributed by atoms with Gasteiger partial charge in [-0.2, -0.15) is 0 Å². The number of nitrogens with zero attached hydrogens (tertiary/aromatic N) is 1. The molecule has 1 atom stereocenters. The van der Waals surface area contributed by atoms with Crippen LogP contribution < -0.4 is 10.6 Å². The van der Waals surface area contributed by atoms with Crippen molar-refractivity contribution < 1.29 is 14.3 Å². The molecule has 1 amide bonds. The number of hydrogen-bond donors (Lipinski definition) is 2. The van der Waals surface area contributed by atoms with Crippen LogP contribution in [0.4, 0.5) is 5.13 Å². The molecule has 1 aromatic rings. The Hall–Kier alpha value is -1.63. The molecular formula is C13H19N3O3S. The van der Waals surface area contributed by atoms with Gasteiger partial charge >= 0.3 is 5.97 Å². The van der Waals surface area contributed by atoms with Crippen LogP contribution in [-0.2, 0) is 20.7 Å². The zero-order chi connectivity index (χ0) is 14.5. The summed E-state index contributed by atoms with van der Waals surface area (Å²) in [5.74, 6) is -0.421. The number of fused-ring (bicyclic) bond motifs is 1. The van der Waals surface area contributed by atoms with Gasteiger partial charge in [0.05, 0.1) is 12.3 Å². The first-order valence-electron chi connectivity index (χ1n) is 6.76. The summed E-state index contributed by atoms with van der Waals surface area (Å²) in [7, 11) is 1.62. The lowest BCUT2D eigenvalue weighted by Gasteiger charge is -2.08. The highest BCUT2D eigenvalue weighted by Crippen LogP contribution is 2.38. The fraction of sp³-hybridized carbons (Fsp3) is 0.615. The van der Waals surface area contributed by atoms with Crippen molar-refractivity contribution in [1.29, 1.82) is 0 Å². The van der Waals surface area contributed by atoms with E-state index < -0.39 is 0 Å². The monoisotopic (exact) mass is 297 g/mol. The standard InChI is InChI=1S/C13H19N3O3S/c1-3-19-12(18)8-4-5-9-11(8)16-13(20-9)15-7-6-10(17)14-2/h8H,3-7H2,1-2H3,(H,14,17)(H,15,16). The number of nitrogens with one attached hydrogen (secondary N) is 2. The van der Waals surface area contributed by atoms with E-state index in [9.17, 15) is 9.59 Å². The highest BCUT2D eigenvalue weighted by Gasteiger charge is 2.33. The number of rotatable bonds is 6. The average molecular weight is 297 g/mol. The molecule has 1 heterocycles. The third-order valence-electron chi connectivity index (χ3n) is 3.20. The Morgan fingerprint density at radius 3 is 3.00 bits per heavy atom. The van der Waals surface area contributed by atoms with Crippen molar-refractivity contribution in [3.05, 3.63) is 10.6 Å². The highest BCUT2D eigenvalue weighted by molar-refractivity contribution is 7.15. The second-order valence-corrected chi connectivity index (χ2v) is 5.60. The lowest BCUT2D eigenvalue weighted by atomic mass is 10.1. The van der Waals surface area contributed by atoms with Crippen molar-refractivity contribution in [2.75, 3.05) is 25.5 Å². The molecule has 0 aliphatic heterocycles. The quantitative estimate of drug-likeness (QED) is 0.773. The van der Waals surface area contributed by atoms with Gasteiger partial charge in [0.25, 0.3) is 0 Å². The molecule has 0 radical (unpaired) electrons. The molecule has 0 spiro atoms. The predicted octanol–water partition coefficient (Wildman–Crippen LogP) is 1.28. The van der Waals surface area contributed by atoms with Crippen LogP contribution in [-0.4, -0.2) is 37.1 Å². The number of ether oxygens (including phenoxy) is 1. The number of esters is 1. The van der Waals surface area contributed by atoms with Crippen LogP contribution >= 0.6 is 11.3 Å². The Labute approximate surface area is 121 Å². The first-order valence-corrected chi connectivity index (χ1v) is 7.58. The zero-order valence-electron chi connectivity index (χ0n) is 11.7. The normalized spacial score (nSPS) is 16.6. The minimum Gasteiger partial charge on any atom is -0.465 e. The molecule has 0 fully saturated rings. The van der Waals surface area contributed by atoms with Gasteiger partial charge in [-0.15, -0.1) is 11.3 Å². The first kappa shape index (κ1) is 14.8. The number of amides is 1. The van der Waals surface area contributed by atoms with Gasteiger partial charge < -0.3 is 15.4 Å². The Balaban J connectivity index is 1.94. The van der Waals surface area contributed by atoms with Gasteiger partial charge in [0.2, 0.25) is 5.91 Å². The molecule has 1 aliphatic rings. The molecule has 110 valence electrons. The molecule has 6 nitrogen and oxygen atoms in total. The van der Waals surface area contributed by atoms with Crippen molar-refractivity contribution in [2.24, 2.45) is 0 Å². The maximum Gasteiger partial charge on any atom is 0.315 e. The molecular weight excluding hydrogens is 278 g/mol. The molecule has 0 saturated heterocycles. The Morgan fingerprint density at radius 2 is 2.30 bits per heavy atom. The van der Waals surface area contributed by atoms with Crippen molar-refractivity contribution in [1.82, 2.24) is 10.3 Å². The van der Waals surface area contributed by atoms with Crippen molar-refractivity contribution in [2.45, 2.75) is 32.1 Å². The lowest BCUT2D eigenvalue weighted by molar-refractivity contribution is -0.145. The van der Waals surface area contributed by atoms with E-state index in [1.807, 2.05) is 0 Å². The van der Waals surface area contributed by atoms with Gasteiger partial charge in [0, 0.05) is 24.9 Å². The van der Waals surface area contributed by atoms with Gasteiger partial charge in [0.15, 0.2) is 5.13 Å². The summed E-state index contributed by atoms with van der Waals surface area (Å²) >= 11 is 1.56. The number of carbonyl (C=O) groups excluding carboxylic acids is 2. The van der Waals surface area contributed by atoms with Gasteiger partial charge in [-0.05, 0) is 19.8 Å². The molecule has 7 heteroatoms. The van der Waals surface area contributed by atoms with Crippen molar-refractivity contribution in [3.8, 4) is 0 Å². The SMILES string of the molecule is CCOC(=O)C1CCc2sc(NCCC(=O)NC)nc21. The zero-order valence-corrected chi connectivity index (χ0v) is 12.5. The van der Waals surface area contributed by atoms with E-state index in [2.05, 4.69) is 15.6 Å². The summed E-state index contributed by atoms with van der Waals surface area (Å²) < 4.78 is 5.07. The van der Waals surface area contributed by atoms with Crippen LogP contribution in [0.3, 0.4) is 0 Å². The van der Waals surface area contributed by atoms with E-state index in [1.54, 1.807) is 25.3 Å². The number of aryl methyl sites for hydroxylation is 1. The molecule has 0 aromatic carbocycles. The van der Waals surface area contributed by atoms with Gasteiger partial charge in [0.1, 0.15) is 5.92 Å². The van der Waals surface area contributed by atoms with Crippen LogP contribution in [0.15, 0.2) is 0 Å². The van der Waals surface area contributed by atoms with Gasteiger partial charge in [-0.1, -0.05) is 0 Å². The minimum absolute atomic E-state index is 0.00834. The molecule has 1 aromatic heterocycles. The summed E-state index contributed by atoms with van der Waals surface area (Å²) in [6.07, 6.45) is 2.06. The molecule has 2 N–H and O–H groups in total. The van der Waals surface area contributed by atoms with Crippen LogP contribution in [0, 0.1) is 0 Å². The van der Waals surface area contributed by atoms with E-state index >= 15 is 0 Å². The summed E-state index contributed by atoms with van der Waals surface area (Å²) in [4.78, 5) is 28.6. The second-order valence-electron chi connectivity index (χ2n) is 4.52. The maximum absolute atomic E-state index is 11.8. The first-order chi connectivity index (χ1) is 9.65. The summed E-state index contributed by atoms with van der Waals surface area (Å²) in [5, 5.41) is 6.47. The van der Waals surface area contributed by atoms with E-state index in [-0.39, 0.29) is 17.8 Å². The van der Waals surface area contributed by atoms with Crippen LogP contribution in [0.5, 0.6) is 0 Å². The largest absolute Gasteiger partial charge is 0.465 e. The Kier molecular flexibility index (Phi) is 4.94. The molecule has 20 heavy (non-hydrogen) atoms. The molecule has 0 saturated carbocycles. The van der Waals surface area contributed by atoms with Crippen LogP contribution in [0.2, 0.25) is 0 Å². The number of aromatic nitrogens is 1. The Morgan fingerprint density at radius 1 is 1.50 bits per heavy atom. The number of thiazole rings is 1. The van der Waals surface area contributed by atoms with E-state index in [0.29, 0.717) is 19.6 Å². The van der Waals surface area contributed by atoms with Crippen LogP contribution in [0.1, 0.15) is 36.3 Å². The summed E-state index contributed by atoms with van der Waals surface area (Å²) in [6, 6.07) is 0. The number of hydrogen-bond acceptors (Lipinski definition) is 6. The highest BCUT2D eigenvalue weighted by atomic mass is 32.1. The van der Waals surface area contributed by atoms with Crippen LogP contribution in [0.25, 0.3) is 0 Å². The fourth-order valence-electron chi connectivity index (χ4n) is 2.18. The van der Waals surface area contributed by atoms with Gasteiger partial charge in [-0.25, -0.2) is 4.98 Å². The molecule has 1 unspecified atom stereocenters. The number of carbonyl (C=O) groups is 2. The molecule has 0 bridgehead atoms. The number of anilines is 1. The third-order valence-corrected chi connectivity index (χ3v) is 4.28.